The molecule has 5 heteroatoms. The van der Waals surface area contributed by atoms with Crippen LogP contribution in [0.3, 0.4) is 0 Å². The van der Waals surface area contributed by atoms with Crippen LogP contribution in [0.2, 0.25) is 5.02 Å². The van der Waals surface area contributed by atoms with Gasteiger partial charge in [-0.2, -0.15) is 0 Å². The van der Waals surface area contributed by atoms with Crippen LogP contribution in [0.4, 0.5) is 0 Å². The third-order valence-corrected chi connectivity index (χ3v) is 6.77. The van der Waals surface area contributed by atoms with Crippen LogP contribution < -0.4 is 14.6 Å². The molecule has 0 aliphatic heterocycles. The molecule has 1 aromatic heterocycles. The van der Waals surface area contributed by atoms with Gasteiger partial charge in [0.1, 0.15) is 12.8 Å². The normalized spacial score (nSPS) is 10.9. The molecule has 1 heterocycles. The van der Waals surface area contributed by atoms with E-state index in [1.807, 2.05) is 42.2 Å². The lowest BCUT2D eigenvalue weighted by Crippen LogP contribution is -2.27. The third-order valence-electron chi connectivity index (χ3n) is 6.45. The predicted octanol–water partition coefficient (Wildman–Crippen LogP) is 7.95. The van der Waals surface area contributed by atoms with Crippen molar-refractivity contribution in [3.05, 3.63) is 58.9 Å². The first-order valence-corrected chi connectivity index (χ1v) is 14.1. The number of nitrogens with zero attached hydrogens (tertiary/aromatic N) is 1. The summed E-state index contributed by atoms with van der Waals surface area (Å²) in [7, 11) is 1.96. The number of unbranched alkanes of at least 4 members (excludes halogenated alkanes) is 13. The van der Waals surface area contributed by atoms with Crippen LogP contribution in [0.1, 0.15) is 113 Å². The number of aryl methyl sites for hydroxylation is 1. The highest BCUT2D eigenvalue weighted by Crippen LogP contribution is 2.23. The minimum Gasteiger partial charge on any atom is -0.494 e. The van der Waals surface area contributed by atoms with E-state index >= 15 is 0 Å². The average Bonchev–Trinajstić information content (AvgIpc) is 2.86. The molecule has 0 aliphatic rings. The lowest BCUT2D eigenvalue weighted by molar-refractivity contribution is -0.671. The zero-order chi connectivity index (χ0) is 25.1. The molecule has 0 saturated carbocycles. The highest BCUT2D eigenvalue weighted by molar-refractivity contribution is 6.34. The maximum absolute atomic E-state index is 12.5. The molecule has 1 aromatic carbocycles. The van der Waals surface area contributed by atoms with Crippen molar-refractivity contribution >= 4 is 17.5 Å². The Bertz CT molecular complexity index is 839. The molecule has 35 heavy (non-hydrogen) atoms. The molecule has 1 amide bonds. The van der Waals surface area contributed by atoms with Crippen molar-refractivity contribution in [1.29, 1.82) is 0 Å². The Morgan fingerprint density at radius 3 is 1.91 bits per heavy atom. The van der Waals surface area contributed by atoms with E-state index in [0.717, 1.165) is 17.7 Å². The molecule has 0 spiro atoms. The van der Waals surface area contributed by atoms with E-state index in [0.29, 0.717) is 23.7 Å². The molecule has 1 N–H and O–H groups in total. The van der Waals surface area contributed by atoms with Crippen molar-refractivity contribution in [2.45, 2.75) is 103 Å². The number of carbonyl (C=O) groups is 1. The van der Waals surface area contributed by atoms with Gasteiger partial charge in [-0.05, 0) is 30.2 Å². The van der Waals surface area contributed by atoms with Gasteiger partial charge in [-0.15, -0.1) is 0 Å². The number of hydrogen-bond donors (Lipinski definition) is 1. The summed E-state index contributed by atoms with van der Waals surface area (Å²) >= 11 is 6.35. The molecule has 0 saturated heterocycles. The van der Waals surface area contributed by atoms with E-state index in [9.17, 15) is 4.79 Å². The molecule has 0 atom stereocenters. The summed E-state index contributed by atoms with van der Waals surface area (Å²) in [5.41, 5.74) is 1.51. The van der Waals surface area contributed by atoms with Crippen LogP contribution in [-0.4, -0.2) is 12.5 Å². The Kier molecular flexibility index (Phi) is 15.2. The SMILES string of the molecule is CCCCCCCCCCCCCCCCOc1ccc(C(=O)NCc2cc[n+](C)cc2)c(Cl)c1. The monoisotopic (exact) mass is 501 g/mol. The number of rotatable bonds is 19. The Labute approximate surface area is 218 Å². The van der Waals surface area contributed by atoms with Crippen molar-refractivity contribution in [2.24, 2.45) is 7.05 Å². The first-order valence-electron chi connectivity index (χ1n) is 13.7. The van der Waals surface area contributed by atoms with Gasteiger partial charge in [0.25, 0.3) is 5.91 Å². The first kappa shape index (κ1) is 29.2. The predicted molar refractivity (Wildman–Crippen MR) is 146 cm³/mol. The smallest absolute Gasteiger partial charge is 0.253 e. The number of hydrogen-bond acceptors (Lipinski definition) is 2. The van der Waals surface area contributed by atoms with Gasteiger partial charge in [-0.25, -0.2) is 4.57 Å². The molecule has 0 unspecified atom stereocenters. The lowest BCUT2D eigenvalue weighted by atomic mass is 10.0. The number of halogens is 1. The third kappa shape index (κ3) is 13.0. The fraction of sp³-hybridized carbons (Fsp3) is 0.600. The minimum absolute atomic E-state index is 0.179. The maximum atomic E-state index is 12.5. The minimum atomic E-state index is -0.179. The zero-order valence-electron chi connectivity index (χ0n) is 22.0. The van der Waals surface area contributed by atoms with Crippen LogP contribution in [0.25, 0.3) is 0 Å². The van der Waals surface area contributed by atoms with Crippen molar-refractivity contribution < 1.29 is 14.1 Å². The van der Waals surface area contributed by atoms with Gasteiger partial charge in [-0.3, -0.25) is 4.79 Å². The van der Waals surface area contributed by atoms with Gasteiger partial charge >= 0.3 is 0 Å². The van der Waals surface area contributed by atoms with Crippen LogP contribution >= 0.6 is 11.6 Å². The quantitative estimate of drug-likeness (QED) is 0.157. The van der Waals surface area contributed by atoms with E-state index in [-0.39, 0.29) is 5.91 Å². The summed E-state index contributed by atoms with van der Waals surface area (Å²) < 4.78 is 7.81. The largest absolute Gasteiger partial charge is 0.494 e. The van der Waals surface area contributed by atoms with Crippen LogP contribution in [0.15, 0.2) is 42.7 Å². The number of nitrogens with one attached hydrogen (secondary N) is 1. The Balaban J connectivity index is 1.50. The van der Waals surface area contributed by atoms with Gasteiger partial charge < -0.3 is 10.1 Å². The molecule has 2 aromatic rings. The first-order chi connectivity index (χ1) is 17.1. The van der Waals surface area contributed by atoms with Gasteiger partial charge in [0.15, 0.2) is 12.4 Å². The molecule has 194 valence electrons. The van der Waals surface area contributed by atoms with Crippen molar-refractivity contribution in [3.8, 4) is 5.75 Å². The maximum Gasteiger partial charge on any atom is 0.253 e. The standard InChI is InChI=1S/C30H45ClN2O2/c1-3-4-5-6-7-8-9-10-11-12-13-14-15-16-23-35-27-17-18-28(29(31)24-27)30(34)32-25-26-19-21-33(2)22-20-26/h17-22,24H,3-16,23,25H2,1-2H3/p+1. The Morgan fingerprint density at radius 1 is 0.829 bits per heavy atom. The van der Waals surface area contributed by atoms with E-state index in [2.05, 4.69) is 12.2 Å². The summed E-state index contributed by atoms with van der Waals surface area (Å²) in [4.78, 5) is 12.5. The van der Waals surface area contributed by atoms with Crippen LogP contribution in [0.5, 0.6) is 5.75 Å². The van der Waals surface area contributed by atoms with E-state index in [1.54, 1.807) is 12.1 Å². The Hall–Kier alpha value is -2.07. The average molecular weight is 502 g/mol. The summed E-state index contributed by atoms with van der Waals surface area (Å²) in [6.45, 7) is 3.43. The fourth-order valence-electron chi connectivity index (χ4n) is 4.18. The lowest BCUT2D eigenvalue weighted by Gasteiger charge is -2.10. The molecule has 2 rings (SSSR count). The second-order valence-corrected chi connectivity index (χ2v) is 10.0. The molecule has 0 bridgehead atoms. The summed E-state index contributed by atoms with van der Waals surface area (Å²) in [6, 6.07) is 9.27. The van der Waals surface area contributed by atoms with Gasteiger partial charge in [0.2, 0.25) is 0 Å². The summed E-state index contributed by atoms with van der Waals surface area (Å²) in [6.07, 6.45) is 22.7. The number of ether oxygens (including phenoxy) is 1. The molecule has 4 nitrogen and oxygen atoms in total. The van der Waals surface area contributed by atoms with E-state index < -0.39 is 0 Å². The second-order valence-electron chi connectivity index (χ2n) is 9.64. The van der Waals surface area contributed by atoms with E-state index in [1.165, 1.54) is 83.5 Å². The highest BCUT2D eigenvalue weighted by Gasteiger charge is 2.11. The molecular formula is C30H46ClN2O2+. The second kappa shape index (κ2) is 18.2. The van der Waals surface area contributed by atoms with Gasteiger partial charge in [0, 0.05) is 18.7 Å². The zero-order valence-corrected chi connectivity index (χ0v) is 22.8. The number of aromatic nitrogens is 1. The van der Waals surface area contributed by atoms with E-state index in [4.69, 9.17) is 16.3 Å². The summed E-state index contributed by atoms with van der Waals surface area (Å²) in [5.74, 6) is 0.540. The Morgan fingerprint density at radius 2 is 1.37 bits per heavy atom. The van der Waals surface area contributed by atoms with Crippen LogP contribution in [0, 0.1) is 0 Å². The van der Waals surface area contributed by atoms with Crippen LogP contribution in [-0.2, 0) is 13.6 Å². The van der Waals surface area contributed by atoms with Gasteiger partial charge in [-0.1, -0.05) is 102 Å². The number of pyridine rings is 1. The van der Waals surface area contributed by atoms with Crippen molar-refractivity contribution in [1.82, 2.24) is 5.32 Å². The fourth-order valence-corrected chi connectivity index (χ4v) is 4.44. The molecule has 0 fully saturated rings. The highest BCUT2D eigenvalue weighted by atomic mass is 35.5. The number of benzene rings is 1. The number of amides is 1. The molecule has 0 radical (unpaired) electrons. The van der Waals surface area contributed by atoms with Crippen molar-refractivity contribution in [3.63, 3.8) is 0 Å². The van der Waals surface area contributed by atoms with Crippen molar-refractivity contribution in [2.75, 3.05) is 6.61 Å². The number of carbonyl (C=O) groups excluding carboxylic acids is 1. The van der Waals surface area contributed by atoms with Gasteiger partial charge in [0.05, 0.1) is 17.2 Å². The topological polar surface area (TPSA) is 42.2 Å². The summed E-state index contributed by atoms with van der Waals surface area (Å²) in [5, 5.41) is 3.34. The molecular weight excluding hydrogens is 456 g/mol. The molecule has 0 aliphatic carbocycles.